The molecule has 0 saturated heterocycles. The zero-order valence-corrected chi connectivity index (χ0v) is 11.9. The first kappa shape index (κ1) is 18.5. The second-order valence-electron chi connectivity index (χ2n) is 3.58. The van der Waals surface area contributed by atoms with Crippen molar-refractivity contribution < 1.29 is 4.79 Å². The van der Waals surface area contributed by atoms with Crippen molar-refractivity contribution >= 4 is 30.7 Å². The van der Waals surface area contributed by atoms with Gasteiger partial charge in [0.2, 0.25) is 0 Å². The normalized spacial score (nSPS) is 8.88. The molecule has 0 unspecified atom stereocenters. The largest absolute Gasteiger partial charge is 0.340 e. The highest BCUT2D eigenvalue weighted by Crippen LogP contribution is 2.04. The summed E-state index contributed by atoms with van der Waals surface area (Å²) >= 11 is 0. The van der Waals surface area contributed by atoms with Crippen molar-refractivity contribution in [2.75, 3.05) is 27.2 Å². The Balaban J connectivity index is 0. The minimum atomic E-state index is 0. The maximum absolute atomic E-state index is 11.9. The molecule has 1 aromatic rings. The number of carbonyl (C=O) groups excluding carboxylic acids is 1. The summed E-state index contributed by atoms with van der Waals surface area (Å²) in [5.74, 6) is 0.0152. The lowest BCUT2D eigenvalue weighted by atomic mass is 10.2. The topological polar surface area (TPSA) is 45.2 Å². The molecule has 1 aromatic heterocycles. The Kier molecular flexibility index (Phi) is 10.0. The van der Waals surface area contributed by atoms with Gasteiger partial charge in [-0.1, -0.05) is 0 Å². The first-order valence-electron chi connectivity index (χ1n) is 4.97. The third-order valence-electron chi connectivity index (χ3n) is 2.17. The molecule has 1 N–H and O–H groups in total. The number of hydrogen-bond donors (Lipinski definition) is 1. The molecule has 1 rings (SSSR count). The van der Waals surface area contributed by atoms with E-state index in [-0.39, 0.29) is 30.7 Å². The summed E-state index contributed by atoms with van der Waals surface area (Å²) in [6.45, 7) is 3.42. The molecule has 0 atom stereocenters. The number of nitrogens with zero attached hydrogens (tertiary/aromatic N) is 2. The first-order chi connectivity index (χ1) is 7.15. The van der Waals surface area contributed by atoms with Crippen molar-refractivity contribution in [2.24, 2.45) is 0 Å². The zero-order chi connectivity index (χ0) is 11.3. The molecule has 0 fully saturated rings. The van der Waals surface area contributed by atoms with E-state index in [0.29, 0.717) is 12.1 Å². The van der Waals surface area contributed by atoms with Gasteiger partial charge in [0.05, 0.1) is 5.56 Å². The number of halogens is 2. The number of aromatic nitrogens is 1. The van der Waals surface area contributed by atoms with Gasteiger partial charge in [0.1, 0.15) is 0 Å². The lowest BCUT2D eigenvalue weighted by Gasteiger charge is -2.16. The van der Waals surface area contributed by atoms with Crippen molar-refractivity contribution in [1.82, 2.24) is 15.2 Å². The number of hydrogen-bond acceptors (Lipinski definition) is 3. The van der Waals surface area contributed by atoms with Gasteiger partial charge < -0.3 is 10.2 Å². The van der Waals surface area contributed by atoms with Gasteiger partial charge in [-0.05, 0) is 25.6 Å². The van der Waals surface area contributed by atoms with E-state index in [1.807, 2.05) is 20.0 Å². The molecule has 0 spiro atoms. The maximum atomic E-state index is 11.9. The van der Waals surface area contributed by atoms with Crippen molar-refractivity contribution in [3.63, 3.8) is 0 Å². The number of pyridine rings is 1. The molecule has 1 amide bonds. The summed E-state index contributed by atoms with van der Waals surface area (Å²) in [7, 11) is 3.66. The van der Waals surface area contributed by atoms with Crippen LogP contribution in [-0.2, 0) is 0 Å². The third-order valence-corrected chi connectivity index (χ3v) is 2.17. The van der Waals surface area contributed by atoms with Crippen LogP contribution >= 0.6 is 24.8 Å². The molecule has 0 aliphatic carbocycles. The van der Waals surface area contributed by atoms with Gasteiger partial charge in [-0.3, -0.25) is 9.78 Å². The van der Waals surface area contributed by atoms with E-state index in [1.165, 1.54) is 0 Å². The average molecular weight is 280 g/mol. The van der Waals surface area contributed by atoms with Gasteiger partial charge >= 0.3 is 0 Å². The van der Waals surface area contributed by atoms with Crippen LogP contribution < -0.4 is 5.32 Å². The number of aryl methyl sites for hydroxylation is 1. The van der Waals surface area contributed by atoms with Gasteiger partial charge in [0, 0.05) is 32.5 Å². The average Bonchev–Trinajstić information content (AvgIpc) is 2.24. The molecular formula is C11H19Cl2N3O. The summed E-state index contributed by atoms with van der Waals surface area (Å²) in [6, 6.07) is 1.85. The van der Waals surface area contributed by atoms with Crippen molar-refractivity contribution in [1.29, 1.82) is 0 Å². The molecule has 4 nitrogen and oxygen atoms in total. The van der Waals surface area contributed by atoms with E-state index < -0.39 is 0 Å². The standard InChI is InChI=1S/C11H17N3O.2ClH/c1-9-6-10(8-13-7-9)11(15)14(3)5-4-12-2;;/h6-8,12H,4-5H2,1-3H3;2*1H. The first-order valence-corrected chi connectivity index (χ1v) is 4.97. The Morgan fingerprint density at radius 2 is 2.06 bits per heavy atom. The number of likely N-dealkylation sites (N-methyl/N-ethyl adjacent to an activating group) is 2. The number of rotatable bonds is 4. The monoisotopic (exact) mass is 279 g/mol. The Morgan fingerprint density at radius 1 is 1.41 bits per heavy atom. The van der Waals surface area contributed by atoms with Crippen LogP contribution in [0.1, 0.15) is 15.9 Å². The molecule has 0 bridgehead atoms. The van der Waals surface area contributed by atoms with E-state index in [4.69, 9.17) is 0 Å². The van der Waals surface area contributed by atoms with Crippen LogP contribution in [0.4, 0.5) is 0 Å². The highest BCUT2D eigenvalue weighted by atomic mass is 35.5. The second kappa shape index (κ2) is 9.22. The van der Waals surface area contributed by atoms with Crippen molar-refractivity contribution in [3.8, 4) is 0 Å². The Bertz CT molecular complexity index is 347. The molecule has 0 aromatic carbocycles. The molecular weight excluding hydrogens is 261 g/mol. The maximum Gasteiger partial charge on any atom is 0.255 e. The molecule has 6 heteroatoms. The summed E-state index contributed by atoms with van der Waals surface area (Å²) in [6.07, 6.45) is 3.34. The SMILES string of the molecule is CNCCN(C)C(=O)c1cncc(C)c1.Cl.Cl. The van der Waals surface area contributed by atoms with E-state index in [0.717, 1.165) is 12.1 Å². The van der Waals surface area contributed by atoms with Crippen LogP contribution in [0.25, 0.3) is 0 Å². The predicted molar refractivity (Wildman–Crippen MR) is 74.4 cm³/mol. The molecule has 0 radical (unpaired) electrons. The zero-order valence-electron chi connectivity index (χ0n) is 10.3. The van der Waals surface area contributed by atoms with Crippen molar-refractivity contribution in [2.45, 2.75) is 6.92 Å². The molecule has 0 aliphatic heterocycles. The quantitative estimate of drug-likeness (QED) is 0.909. The molecule has 0 aliphatic rings. The minimum absolute atomic E-state index is 0. The van der Waals surface area contributed by atoms with Gasteiger partial charge in [0.15, 0.2) is 0 Å². The van der Waals surface area contributed by atoms with Gasteiger partial charge in [-0.2, -0.15) is 0 Å². The van der Waals surface area contributed by atoms with E-state index in [9.17, 15) is 4.79 Å². The highest BCUT2D eigenvalue weighted by molar-refractivity contribution is 5.93. The van der Waals surface area contributed by atoms with Crippen LogP contribution in [0.3, 0.4) is 0 Å². The lowest BCUT2D eigenvalue weighted by molar-refractivity contribution is 0.0796. The number of nitrogens with one attached hydrogen (secondary N) is 1. The van der Waals surface area contributed by atoms with Gasteiger partial charge in [0.25, 0.3) is 5.91 Å². The van der Waals surface area contributed by atoms with Gasteiger partial charge in [-0.25, -0.2) is 0 Å². The predicted octanol–water partition coefficient (Wildman–Crippen LogP) is 1.53. The third kappa shape index (κ3) is 5.86. The summed E-state index contributed by atoms with van der Waals surface area (Å²) in [5.41, 5.74) is 1.65. The van der Waals surface area contributed by atoms with Gasteiger partial charge in [-0.15, -0.1) is 24.8 Å². The van der Waals surface area contributed by atoms with Crippen LogP contribution in [-0.4, -0.2) is 43.0 Å². The number of amides is 1. The van der Waals surface area contributed by atoms with E-state index in [2.05, 4.69) is 10.3 Å². The second-order valence-corrected chi connectivity index (χ2v) is 3.58. The Hall–Kier alpha value is -0.840. The fourth-order valence-corrected chi connectivity index (χ4v) is 1.27. The fraction of sp³-hybridized carbons (Fsp3) is 0.455. The summed E-state index contributed by atoms with van der Waals surface area (Å²) in [5, 5.41) is 3.01. The Labute approximate surface area is 115 Å². The fourth-order valence-electron chi connectivity index (χ4n) is 1.27. The molecule has 17 heavy (non-hydrogen) atoms. The van der Waals surface area contributed by atoms with Crippen LogP contribution in [0.15, 0.2) is 18.5 Å². The summed E-state index contributed by atoms with van der Waals surface area (Å²) < 4.78 is 0. The van der Waals surface area contributed by atoms with E-state index >= 15 is 0 Å². The van der Waals surface area contributed by atoms with E-state index in [1.54, 1.807) is 24.3 Å². The van der Waals surface area contributed by atoms with Crippen LogP contribution in [0, 0.1) is 6.92 Å². The Morgan fingerprint density at radius 3 is 2.59 bits per heavy atom. The van der Waals surface area contributed by atoms with Crippen molar-refractivity contribution in [3.05, 3.63) is 29.6 Å². The number of carbonyl (C=O) groups is 1. The molecule has 0 saturated carbocycles. The van der Waals surface area contributed by atoms with Crippen LogP contribution in [0.2, 0.25) is 0 Å². The molecule has 98 valence electrons. The summed E-state index contributed by atoms with van der Waals surface area (Å²) in [4.78, 5) is 17.6. The highest BCUT2D eigenvalue weighted by Gasteiger charge is 2.10. The lowest BCUT2D eigenvalue weighted by Crippen LogP contribution is -2.32. The smallest absolute Gasteiger partial charge is 0.255 e. The van der Waals surface area contributed by atoms with Crippen LogP contribution in [0.5, 0.6) is 0 Å². The molecule has 1 heterocycles. The minimum Gasteiger partial charge on any atom is -0.340 e.